The Morgan fingerprint density at radius 3 is 2.90 bits per heavy atom. The third-order valence-electron chi connectivity index (χ3n) is 3.09. The number of carbonyl (C=O) groups is 1. The average molecular weight is 297 g/mol. The van der Waals surface area contributed by atoms with Crippen LogP contribution in [0.2, 0.25) is 5.02 Å². The summed E-state index contributed by atoms with van der Waals surface area (Å²) in [7, 11) is 0. The third kappa shape index (κ3) is 4.04. The maximum atomic E-state index is 11.6. The highest BCUT2D eigenvalue weighted by Crippen LogP contribution is 2.30. The fourth-order valence-electron chi connectivity index (χ4n) is 2.26. The number of benzene rings is 1. The van der Waals surface area contributed by atoms with E-state index in [2.05, 4.69) is 16.3 Å². The molecule has 2 rings (SSSR count). The summed E-state index contributed by atoms with van der Waals surface area (Å²) in [6, 6.07) is 5.97. The van der Waals surface area contributed by atoms with E-state index in [4.69, 9.17) is 16.3 Å². The standard InChI is InChI=1S/C15H21ClN2O2/c1-15(2,3)20-14(19)17-7-9-18-8-6-11-4-5-12(16)10-13(11)18/h4-5,10H,6-9H2,1-3H3,(H,17,19). The quantitative estimate of drug-likeness (QED) is 0.931. The topological polar surface area (TPSA) is 41.6 Å². The van der Waals surface area contributed by atoms with Crippen LogP contribution in [-0.4, -0.2) is 31.3 Å². The summed E-state index contributed by atoms with van der Waals surface area (Å²) in [5.41, 5.74) is 2.02. The number of nitrogens with zero attached hydrogens (tertiary/aromatic N) is 1. The van der Waals surface area contributed by atoms with Gasteiger partial charge in [0.1, 0.15) is 5.60 Å². The normalized spacial score (nSPS) is 14.1. The number of hydrogen-bond donors (Lipinski definition) is 1. The second-order valence-electron chi connectivity index (χ2n) is 5.94. The fourth-order valence-corrected chi connectivity index (χ4v) is 2.42. The van der Waals surface area contributed by atoms with Crippen LogP contribution in [0.15, 0.2) is 18.2 Å². The Bertz CT molecular complexity index is 497. The molecule has 110 valence electrons. The number of rotatable bonds is 3. The van der Waals surface area contributed by atoms with E-state index in [1.807, 2.05) is 32.9 Å². The Kier molecular flexibility index (Phi) is 4.43. The van der Waals surface area contributed by atoms with Gasteiger partial charge in [0.2, 0.25) is 0 Å². The van der Waals surface area contributed by atoms with E-state index >= 15 is 0 Å². The van der Waals surface area contributed by atoms with E-state index < -0.39 is 5.60 Å². The lowest BCUT2D eigenvalue weighted by atomic mass is 10.2. The smallest absolute Gasteiger partial charge is 0.407 e. The molecule has 1 heterocycles. The number of ether oxygens (including phenoxy) is 1. The van der Waals surface area contributed by atoms with Crippen LogP contribution < -0.4 is 10.2 Å². The van der Waals surface area contributed by atoms with Crippen LogP contribution in [0, 0.1) is 0 Å². The Balaban J connectivity index is 1.82. The van der Waals surface area contributed by atoms with Gasteiger partial charge in [0.05, 0.1) is 0 Å². The van der Waals surface area contributed by atoms with Crippen LogP contribution in [0.4, 0.5) is 10.5 Å². The second kappa shape index (κ2) is 5.92. The first kappa shape index (κ1) is 15.0. The molecule has 0 bridgehead atoms. The Hall–Kier alpha value is -1.42. The molecule has 0 radical (unpaired) electrons. The van der Waals surface area contributed by atoms with E-state index in [9.17, 15) is 4.79 Å². The van der Waals surface area contributed by atoms with E-state index in [0.717, 1.165) is 24.5 Å². The summed E-state index contributed by atoms with van der Waals surface area (Å²) in [6.45, 7) is 7.83. The minimum absolute atomic E-state index is 0.372. The number of halogens is 1. The van der Waals surface area contributed by atoms with Crippen LogP contribution in [-0.2, 0) is 11.2 Å². The molecular formula is C15H21ClN2O2. The Morgan fingerprint density at radius 2 is 2.20 bits per heavy atom. The molecule has 0 spiro atoms. The fraction of sp³-hybridized carbons (Fsp3) is 0.533. The largest absolute Gasteiger partial charge is 0.444 e. The summed E-state index contributed by atoms with van der Waals surface area (Å²) in [5, 5.41) is 3.52. The Morgan fingerprint density at radius 1 is 1.45 bits per heavy atom. The minimum Gasteiger partial charge on any atom is -0.444 e. The van der Waals surface area contributed by atoms with E-state index in [-0.39, 0.29) is 6.09 Å². The number of amides is 1. The molecule has 0 fully saturated rings. The van der Waals surface area contributed by atoms with Crippen LogP contribution in [0.3, 0.4) is 0 Å². The number of hydrogen-bond acceptors (Lipinski definition) is 3. The molecule has 0 saturated heterocycles. The monoisotopic (exact) mass is 296 g/mol. The molecule has 1 aliphatic rings. The SMILES string of the molecule is CC(C)(C)OC(=O)NCCN1CCc2ccc(Cl)cc21. The van der Waals surface area contributed by atoms with Gasteiger partial charge in [-0.3, -0.25) is 0 Å². The van der Waals surface area contributed by atoms with Crippen molar-refractivity contribution in [2.24, 2.45) is 0 Å². The molecule has 1 aliphatic heterocycles. The summed E-state index contributed by atoms with van der Waals surface area (Å²) < 4.78 is 5.20. The molecular weight excluding hydrogens is 276 g/mol. The summed E-state index contributed by atoms with van der Waals surface area (Å²) in [5.74, 6) is 0. The summed E-state index contributed by atoms with van der Waals surface area (Å²) in [6.07, 6.45) is 0.655. The van der Waals surface area contributed by atoms with Gasteiger partial charge < -0.3 is 15.0 Å². The maximum absolute atomic E-state index is 11.6. The van der Waals surface area contributed by atoms with Crippen molar-refractivity contribution in [1.82, 2.24) is 5.32 Å². The zero-order valence-electron chi connectivity index (χ0n) is 12.2. The van der Waals surface area contributed by atoms with E-state index in [0.29, 0.717) is 6.54 Å². The third-order valence-corrected chi connectivity index (χ3v) is 3.32. The van der Waals surface area contributed by atoms with Crippen molar-refractivity contribution in [3.63, 3.8) is 0 Å². The van der Waals surface area contributed by atoms with Crippen molar-refractivity contribution in [2.45, 2.75) is 32.8 Å². The lowest BCUT2D eigenvalue weighted by molar-refractivity contribution is 0.0529. The second-order valence-corrected chi connectivity index (χ2v) is 6.38. The maximum Gasteiger partial charge on any atom is 0.407 e. The van der Waals surface area contributed by atoms with Crippen molar-refractivity contribution in [3.8, 4) is 0 Å². The van der Waals surface area contributed by atoms with Gasteiger partial charge in [0, 0.05) is 30.3 Å². The molecule has 1 amide bonds. The molecule has 0 aliphatic carbocycles. The van der Waals surface area contributed by atoms with E-state index in [1.165, 1.54) is 11.3 Å². The van der Waals surface area contributed by atoms with Gasteiger partial charge in [0.25, 0.3) is 0 Å². The number of nitrogens with one attached hydrogen (secondary N) is 1. The predicted octanol–water partition coefficient (Wildman–Crippen LogP) is 3.23. The molecule has 1 N–H and O–H groups in total. The van der Waals surface area contributed by atoms with Gasteiger partial charge in [-0.05, 0) is 44.9 Å². The minimum atomic E-state index is -0.460. The number of alkyl carbamates (subject to hydrolysis) is 1. The van der Waals surface area contributed by atoms with Crippen molar-refractivity contribution in [1.29, 1.82) is 0 Å². The van der Waals surface area contributed by atoms with Crippen molar-refractivity contribution in [3.05, 3.63) is 28.8 Å². The zero-order valence-corrected chi connectivity index (χ0v) is 13.0. The first-order valence-electron chi connectivity index (χ1n) is 6.85. The highest BCUT2D eigenvalue weighted by Gasteiger charge is 2.20. The average Bonchev–Trinajstić information content (AvgIpc) is 2.69. The van der Waals surface area contributed by atoms with Gasteiger partial charge >= 0.3 is 6.09 Å². The van der Waals surface area contributed by atoms with Gasteiger partial charge in [-0.2, -0.15) is 0 Å². The molecule has 1 aromatic carbocycles. The van der Waals surface area contributed by atoms with Gasteiger partial charge in [-0.15, -0.1) is 0 Å². The Labute approximate surface area is 125 Å². The highest BCUT2D eigenvalue weighted by atomic mass is 35.5. The first-order valence-corrected chi connectivity index (χ1v) is 7.23. The van der Waals surface area contributed by atoms with Gasteiger partial charge in [-0.25, -0.2) is 4.79 Å². The molecule has 4 nitrogen and oxygen atoms in total. The van der Waals surface area contributed by atoms with Crippen molar-refractivity contribution < 1.29 is 9.53 Å². The lowest BCUT2D eigenvalue weighted by Gasteiger charge is -2.22. The molecule has 0 aromatic heterocycles. The molecule has 1 aromatic rings. The molecule has 0 saturated carbocycles. The molecule has 5 heteroatoms. The number of fused-ring (bicyclic) bond motifs is 1. The molecule has 0 atom stereocenters. The summed E-state index contributed by atoms with van der Waals surface area (Å²) >= 11 is 6.03. The first-order chi connectivity index (χ1) is 9.35. The molecule has 20 heavy (non-hydrogen) atoms. The lowest BCUT2D eigenvalue weighted by Crippen LogP contribution is -2.37. The number of carbonyl (C=O) groups excluding carboxylic acids is 1. The van der Waals surface area contributed by atoms with Crippen molar-refractivity contribution in [2.75, 3.05) is 24.5 Å². The van der Waals surface area contributed by atoms with Crippen molar-refractivity contribution >= 4 is 23.4 Å². The van der Waals surface area contributed by atoms with Crippen LogP contribution in [0.5, 0.6) is 0 Å². The van der Waals surface area contributed by atoms with Crippen LogP contribution >= 0.6 is 11.6 Å². The molecule has 0 unspecified atom stereocenters. The van der Waals surface area contributed by atoms with Crippen LogP contribution in [0.1, 0.15) is 26.3 Å². The number of anilines is 1. The summed E-state index contributed by atoms with van der Waals surface area (Å²) in [4.78, 5) is 13.8. The zero-order chi connectivity index (χ0) is 14.8. The predicted molar refractivity (Wildman–Crippen MR) is 81.6 cm³/mol. The van der Waals surface area contributed by atoms with Gasteiger partial charge in [-0.1, -0.05) is 17.7 Å². The van der Waals surface area contributed by atoms with E-state index in [1.54, 1.807) is 0 Å². The highest BCUT2D eigenvalue weighted by molar-refractivity contribution is 6.30. The van der Waals surface area contributed by atoms with Crippen LogP contribution in [0.25, 0.3) is 0 Å². The van der Waals surface area contributed by atoms with Gasteiger partial charge in [0.15, 0.2) is 0 Å².